The minimum atomic E-state index is -0.0368. The summed E-state index contributed by atoms with van der Waals surface area (Å²) in [5.74, 6) is -0.0368. The van der Waals surface area contributed by atoms with E-state index in [-0.39, 0.29) is 5.91 Å². The molecule has 0 atom stereocenters. The first-order chi connectivity index (χ1) is 9.54. The minimum absolute atomic E-state index is 0.0368. The van der Waals surface area contributed by atoms with Crippen LogP contribution in [0.2, 0.25) is 5.02 Å². The van der Waals surface area contributed by atoms with Crippen LogP contribution in [0.5, 0.6) is 0 Å². The molecule has 3 N–H and O–H groups in total. The standard InChI is InChI=1S/C15H20ClN3O/c1-11-4-7-19(8-5-11)9-6-15(20)18-14-10-12(16)2-3-13(14)17/h2-4,10H,5-9,17H2,1H3,(H,18,20). The summed E-state index contributed by atoms with van der Waals surface area (Å²) in [5, 5.41) is 3.37. The Morgan fingerprint density at radius 1 is 1.50 bits per heavy atom. The van der Waals surface area contributed by atoms with Crippen molar-refractivity contribution in [1.82, 2.24) is 4.90 Å². The van der Waals surface area contributed by atoms with Crippen molar-refractivity contribution in [2.45, 2.75) is 19.8 Å². The number of nitrogens with two attached hydrogens (primary N) is 1. The number of amides is 1. The van der Waals surface area contributed by atoms with Gasteiger partial charge in [0.15, 0.2) is 0 Å². The summed E-state index contributed by atoms with van der Waals surface area (Å²) in [5.41, 5.74) is 8.34. The fourth-order valence-electron chi connectivity index (χ4n) is 2.12. The molecule has 1 amide bonds. The van der Waals surface area contributed by atoms with E-state index in [1.54, 1.807) is 18.2 Å². The lowest BCUT2D eigenvalue weighted by molar-refractivity contribution is -0.116. The van der Waals surface area contributed by atoms with E-state index in [1.807, 2.05) is 0 Å². The van der Waals surface area contributed by atoms with E-state index in [2.05, 4.69) is 23.2 Å². The lowest BCUT2D eigenvalue weighted by atomic mass is 10.1. The van der Waals surface area contributed by atoms with Crippen LogP contribution in [0.25, 0.3) is 0 Å². The van der Waals surface area contributed by atoms with Gasteiger partial charge in [-0.25, -0.2) is 0 Å². The second-order valence-corrected chi connectivity index (χ2v) is 5.57. The monoisotopic (exact) mass is 293 g/mol. The zero-order chi connectivity index (χ0) is 14.5. The van der Waals surface area contributed by atoms with Crippen molar-refractivity contribution in [3.05, 3.63) is 34.9 Å². The molecule has 0 bridgehead atoms. The Bertz CT molecular complexity index is 528. The molecule has 0 unspecified atom stereocenters. The summed E-state index contributed by atoms with van der Waals surface area (Å²) in [6.07, 6.45) is 3.76. The number of carbonyl (C=O) groups is 1. The van der Waals surface area contributed by atoms with Gasteiger partial charge in [-0.2, -0.15) is 0 Å². The summed E-state index contributed by atoms with van der Waals surface area (Å²) >= 11 is 5.89. The molecule has 108 valence electrons. The number of nitrogen functional groups attached to an aromatic ring is 1. The highest BCUT2D eigenvalue weighted by atomic mass is 35.5. The summed E-state index contributed by atoms with van der Waals surface area (Å²) in [7, 11) is 0. The number of hydrogen-bond donors (Lipinski definition) is 2. The maximum Gasteiger partial charge on any atom is 0.225 e. The zero-order valence-electron chi connectivity index (χ0n) is 11.7. The predicted octanol–water partition coefficient (Wildman–Crippen LogP) is 2.90. The van der Waals surface area contributed by atoms with Gasteiger partial charge in [0, 0.05) is 31.1 Å². The molecule has 0 fully saturated rings. The Labute approximate surface area is 124 Å². The molecule has 20 heavy (non-hydrogen) atoms. The van der Waals surface area contributed by atoms with Crippen molar-refractivity contribution in [3.63, 3.8) is 0 Å². The van der Waals surface area contributed by atoms with Gasteiger partial charge in [0.25, 0.3) is 0 Å². The van der Waals surface area contributed by atoms with Crippen molar-refractivity contribution in [1.29, 1.82) is 0 Å². The first kappa shape index (κ1) is 14.9. The van der Waals surface area contributed by atoms with Crippen LogP contribution in [0.15, 0.2) is 29.8 Å². The second kappa shape index (κ2) is 6.77. The summed E-state index contributed by atoms with van der Waals surface area (Å²) in [6, 6.07) is 5.06. The Balaban J connectivity index is 1.82. The third-order valence-electron chi connectivity index (χ3n) is 3.46. The quantitative estimate of drug-likeness (QED) is 0.663. The molecule has 4 nitrogen and oxygen atoms in total. The summed E-state index contributed by atoms with van der Waals surface area (Å²) in [6.45, 7) is 4.86. The van der Waals surface area contributed by atoms with Gasteiger partial charge < -0.3 is 11.1 Å². The van der Waals surface area contributed by atoms with Crippen molar-refractivity contribution in [2.75, 3.05) is 30.7 Å². The van der Waals surface area contributed by atoms with E-state index in [4.69, 9.17) is 17.3 Å². The number of rotatable bonds is 4. The third kappa shape index (κ3) is 4.25. The van der Waals surface area contributed by atoms with Gasteiger partial charge in [-0.15, -0.1) is 0 Å². The molecule has 1 heterocycles. The van der Waals surface area contributed by atoms with Gasteiger partial charge in [-0.05, 0) is 31.5 Å². The molecule has 0 saturated carbocycles. The lowest BCUT2D eigenvalue weighted by Gasteiger charge is -2.24. The van der Waals surface area contributed by atoms with Gasteiger partial charge in [0.2, 0.25) is 5.91 Å². The van der Waals surface area contributed by atoms with Crippen LogP contribution in [0, 0.1) is 0 Å². The number of anilines is 2. The average molecular weight is 294 g/mol. The largest absolute Gasteiger partial charge is 0.397 e. The van der Waals surface area contributed by atoms with Crippen molar-refractivity contribution in [3.8, 4) is 0 Å². The number of nitrogens with zero attached hydrogens (tertiary/aromatic N) is 1. The van der Waals surface area contributed by atoms with E-state index in [1.165, 1.54) is 5.57 Å². The van der Waals surface area contributed by atoms with Crippen LogP contribution in [-0.4, -0.2) is 30.4 Å². The Morgan fingerprint density at radius 2 is 2.30 bits per heavy atom. The molecule has 0 aliphatic carbocycles. The van der Waals surface area contributed by atoms with Gasteiger partial charge >= 0.3 is 0 Å². The van der Waals surface area contributed by atoms with E-state index < -0.39 is 0 Å². The van der Waals surface area contributed by atoms with Crippen molar-refractivity contribution in [2.24, 2.45) is 0 Å². The fraction of sp³-hybridized carbons (Fsp3) is 0.400. The third-order valence-corrected chi connectivity index (χ3v) is 3.70. The van der Waals surface area contributed by atoms with Crippen LogP contribution in [0.4, 0.5) is 11.4 Å². The molecule has 1 aromatic carbocycles. The number of halogens is 1. The van der Waals surface area contributed by atoms with Gasteiger partial charge in [-0.3, -0.25) is 9.69 Å². The highest BCUT2D eigenvalue weighted by molar-refractivity contribution is 6.31. The maximum atomic E-state index is 11.9. The smallest absolute Gasteiger partial charge is 0.225 e. The van der Waals surface area contributed by atoms with E-state index in [9.17, 15) is 4.79 Å². The average Bonchev–Trinajstić information content (AvgIpc) is 2.42. The molecule has 1 aliphatic heterocycles. The molecule has 1 aliphatic rings. The Kier molecular flexibility index (Phi) is 5.04. The van der Waals surface area contributed by atoms with Gasteiger partial charge in [-0.1, -0.05) is 23.3 Å². The van der Waals surface area contributed by atoms with E-state index in [0.717, 1.165) is 26.1 Å². The summed E-state index contributed by atoms with van der Waals surface area (Å²) in [4.78, 5) is 14.2. The van der Waals surface area contributed by atoms with Crippen LogP contribution in [0.3, 0.4) is 0 Å². The molecule has 0 spiro atoms. The minimum Gasteiger partial charge on any atom is -0.397 e. The van der Waals surface area contributed by atoms with Gasteiger partial charge in [0.1, 0.15) is 0 Å². The molecule has 0 aromatic heterocycles. The zero-order valence-corrected chi connectivity index (χ0v) is 12.4. The van der Waals surface area contributed by atoms with Crippen molar-refractivity contribution < 1.29 is 4.79 Å². The molecule has 0 saturated heterocycles. The lowest BCUT2D eigenvalue weighted by Crippen LogP contribution is -2.31. The number of hydrogen-bond acceptors (Lipinski definition) is 3. The number of carbonyl (C=O) groups excluding carboxylic acids is 1. The predicted molar refractivity (Wildman–Crippen MR) is 83.9 cm³/mol. The van der Waals surface area contributed by atoms with Crippen molar-refractivity contribution >= 4 is 28.9 Å². The van der Waals surface area contributed by atoms with Crippen LogP contribution >= 0.6 is 11.6 Å². The molecule has 5 heteroatoms. The summed E-state index contributed by atoms with van der Waals surface area (Å²) < 4.78 is 0. The normalized spacial score (nSPS) is 15.8. The highest BCUT2D eigenvalue weighted by Gasteiger charge is 2.12. The molecule has 0 radical (unpaired) electrons. The number of benzene rings is 1. The molecular formula is C15H20ClN3O. The van der Waals surface area contributed by atoms with Crippen LogP contribution in [0.1, 0.15) is 19.8 Å². The number of nitrogens with one attached hydrogen (secondary N) is 1. The first-order valence-corrected chi connectivity index (χ1v) is 7.15. The van der Waals surface area contributed by atoms with E-state index >= 15 is 0 Å². The van der Waals surface area contributed by atoms with Crippen LogP contribution in [-0.2, 0) is 4.79 Å². The fourth-order valence-corrected chi connectivity index (χ4v) is 2.30. The second-order valence-electron chi connectivity index (χ2n) is 5.13. The first-order valence-electron chi connectivity index (χ1n) is 6.77. The molecular weight excluding hydrogens is 274 g/mol. The molecule has 1 aromatic rings. The Hall–Kier alpha value is -1.52. The molecule has 2 rings (SSSR count). The van der Waals surface area contributed by atoms with Gasteiger partial charge in [0.05, 0.1) is 11.4 Å². The maximum absolute atomic E-state index is 11.9. The van der Waals surface area contributed by atoms with Crippen LogP contribution < -0.4 is 11.1 Å². The Morgan fingerprint density at radius 3 is 3.00 bits per heavy atom. The highest BCUT2D eigenvalue weighted by Crippen LogP contribution is 2.23. The SMILES string of the molecule is CC1=CCN(CCC(=O)Nc2cc(Cl)ccc2N)CC1. The van der Waals surface area contributed by atoms with E-state index in [0.29, 0.717) is 22.8 Å². The topological polar surface area (TPSA) is 58.4 Å².